The van der Waals surface area contributed by atoms with Crippen molar-refractivity contribution in [2.24, 2.45) is 11.8 Å². The maximum atomic E-state index is 10.7. The van der Waals surface area contributed by atoms with Gasteiger partial charge in [-0.2, -0.15) is 0 Å². The molecule has 1 aliphatic carbocycles. The second-order valence-corrected chi connectivity index (χ2v) is 8.35. The lowest BCUT2D eigenvalue weighted by molar-refractivity contribution is -0.000247. The Morgan fingerprint density at radius 1 is 0.826 bits per heavy atom. The molecule has 0 amide bonds. The third kappa shape index (κ3) is 9.75. The van der Waals surface area contributed by atoms with Crippen LogP contribution in [0.15, 0.2) is 0 Å². The summed E-state index contributed by atoms with van der Waals surface area (Å²) in [4.78, 5) is 0. The molecule has 0 aromatic carbocycles. The van der Waals surface area contributed by atoms with E-state index in [0.29, 0.717) is 5.92 Å². The molecule has 1 saturated carbocycles. The van der Waals surface area contributed by atoms with Crippen LogP contribution in [0.3, 0.4) is 0 Å². The van der Waals surface area contributed by atoms with E-state index in [1.54, 1.807) is 0 Å². The van der Waals surface area contributed by atoms with E-state index >= 15 is 0 Å². The van der Waals surface area contributed by atoms with Crippen molar-refractivity contribution in [3.63, 3.8) is 0 Å². The van der Waals surface area contributed by atoms with E-state index in [1.165, 1.54) is 89.9 Å². The van der Waals surface area contributed by atoms with Crippen LogP contribution in [0.1, 0.15) is 124 Å². The van der Waals surface area contributed by atoms with Gasteiger partial charge in [0, 0.05) is 0 Å². The zero-order chi connectivity index (χ0) is 17.0. The Morgan fingerprint density at radius 3 is 1.83 bits per heavy atom. The van der Waals surface area contributed by atoms with Crippen LogP contribution < -0.4 is 0 Å². The lowest BCUT2D eigenvalue weighted by atomic mass is 9.85. The van der Waals surface area contributed by atoms with Gasteiger partial charge in [0.05, 0.1) is 5.60 Å². The van der Waals surface area contributed by atoms with Crippen LogP contribution in [0.4, 0.5) is 0 Å². The summed E-state index contributed by atoms with van der Waals surface area (Å²) in [6.45, 7) is 6.83. The highest BCUT2D eigenvalue weighted by Gasteiger charge is 2.41. The monoisotopic (exact) mass is 324 g/mol. The smallest absolute Gasteiger partial charge is 0.0673 e. The van der Waals surface area contributed by atoms with Gasteiger partial charge in [0.15, 0.2) is 0 Å². The lowest BCUT2D eigenvalue weighted by Crippen LogP contribution is -2.30. The third-order valence-corrected chi connectivity index (χ3v) is 6.07. The molecule has 1 aliphatic rings. The van der Waals surface area contributed by atoms with Crippen LogP contribution in [-0.2, 0) is 0 Å². The molecule has 0 radical (unpaired) electrons. The average Bonchev–Trinajstić information content (AvgIpc) is 3.40. The second kappa shape index (κ2) is 12.3. The van der Waals surface area contributed by atoms with E-state index in [2.05, 4.69) is 20.8 Å². The topological polar surface area (TPSA) is 20.2 Å². The van der Waals surface area contributed by atoms with Crippen molar-refractivity contribution in [3.8, 4) is 0 Å². The lowest BCUT2D eigenvalue weighted by Gasteiger charge is -2.28. The van der Waals surface area contributed by atoms with E-state index in [9.17, 15) is 5.11 Å². The molecule has 1 N–H and O–H groups in total. The zero-order valence-electron chi connectivity index (χ0n) is 16.4. The van der Waals surface area contributed by atoms with Crippen LogP contribution in [0.5, 0.6) is 0 Å². The van der Waals surface area contributed by atoms with Gasteiger partial charge in [-0.15, -0.1) is 0 Å². The van der Waals surface area contributed by atoms with Gasteiger partial charge in [-0.05, 0) is 43.9 Å². The van der Waals surface area contributed by atoms with Gasteiger partial charge < -0.3 is 5.11 Å². The van der Waals surface area contributed by atoms with E-state index in [-0.39, 0.29) is 5.60 Å². The van der Waals surface area contributed by atoms with Crippen molar-refractivity contribution < 1.29 is 5.11 Å². The number of aliphatic hydroxyl groups is 1. The van der Waals surface area contributed by atoms with Crippen LogP contribution in [0.25, 0.3) is 0 Å². The van der Waals surface area contributed by atoms with E-state index in [0.717, 1.165) is 18.8 Å². The zero-order valence-corrected chi connectivity index (χ0v) is 16.4. The maximum absolute atomic E-state index is 10.7. The first-order valence-corrected chi connectivity index (χ1v) is 10.8. The van der Waals surface area contributed by atoms with Gasteiger partial charge in [0.2, 0.25) is 0 Å². The minimum atomic E-state index is -0.327. The van der Waals surface area contributed by atoms with Crippen molar-refractivity contribution in [2.45, 2.75) is 129 Å². The fraction of sp³-hybridized carbons (Fsp3) is 1.00. The molecule has 138 valence electrons. The molecule has 0 saturated heterocycles. The molecule has 0 aliphatic heterocycles. The summed E-state index contributed by atoms with van der Waals surface area (Å²) in [7, 11) is 0. The van der Waals surface area contributed by atoms with Gasteiger partial charge in [0.1, 0.15) is 0 Å². The minimum Gasteiger partial charge on any atom is -0.390 e. The van der Waals surface area contributed by atoms with Crippen molar-refractivity contribution in [3.05, 3.63) is 0 Å². The largest absolute Gasteiger partial charge is 0.390 e. The highest BCUT2D eigenvalue weighted by Crippen LogP contribution is 2.44. The predicted molar refractivity (Wildman–Crippen MR) is 103 cm³/mol. The molecule has 2 unspecified atom stereocenters. The molecule has 1 nitrogen and oxygen atoms in total. The van der Waals surface area contributed by atoms with E-state index < -0.39 is 0 Å². The molecule has 1 fully saturated rings. The third-order valence-electron chi connectivity index (χ3n) is 6.07. The molecule has 0 aromatic rings. The molecule has 2 atom stereocenters. The summed E-state index contributed by atoms with van der Waals surface area (Å²) in [5, 5.41) is 10.7. The molecule has 0 spiro atoms. The van der Waals surface area contributed by atoms with Crippen molar-refractivity contribution in [1.82, 2.24) is 0 Å². The Balaban J connectivity index is 1.89. The van der Waals surface area contributed by atoms with Gasteiger partial charge in [-0.3, -0.25) is 0 Å². The molecular formula is C22H44O. The van der Waals surface area contributed by atoms with Crippen molar-refractivity contribution >= 4 is 0 Å². The van der Waals surface area contributed by atoms with Crippen LogP contribution in [0.2, 0.25) is 0 Å². The number of hydrogen-bond donors (Lipinski definition) is 1. The van der Waals surface area contributed by atoms with Gasteiger partial charge >= 0.3 is 0 Å². The Kier molecular flexibility index (Phi) is 11.3. The Bertz CT molecular complexity index is 271. The van der Waals surface area contributed by atoms with Gasteiger partial charge in [-0.1, -0.05) is 91.4 Å². The normalized spacial score (nSPS) is 18.8. The van der Waals surface area contributed by atoms with Crippen LogP contribution in [-0.4, -0.2) is 10.7 Å². The fourth-order valence-corrected chi connectivity index (χ4v) is 3.91. The molecular weight excluding hydrogens is 280 g/mol. The average molecular weight is 325 g/mol. The maximum Gasteiger partial charge on any atom is 0.0673 e. The summed E-state index contributed by atoms with van der Waals surface area (Å²) < 4.78 is 0. The highest BCUT2D eigenvalue weighted by atomic mass is 16.3. The Hall–Kier alpha value is -0.0400. The molecule has 23 heavy (non-hydrogen) atoms. The summed E-state index contributed by atoms with van der Waals surface area (Å²) in [5.41, 5.74) is -0.327. The molecule has 1 heteroatoms. The van der Waals surface area contributed by atoms with Crippen molar-refractivity contribution in [2.75, 3.05) is 0 Å². The molecule has 0 bridgehead atoms. The fourth-order valence-electron chi connectivity index (χ4n) is 3.91. The molecule has 1 rings (SSSR count). The van der Waals surface area contributed by atoms with Gasteiger partial charge in [0.25, 0.3) is 0 Å². The second-order valence-electron chi connectivity index (χ2n) is 8.35. The summed E-state index contributed by atoms with van der Waals surface area (Å²) in [6.07, 6.45) is 21.3. The Morgan fingerprint density at radius 2 is 1.35 bits per heavy atom. The highest BCUT2D eigenvalue weighted by molar-refractivity contribution is 4.93. The first-order valence-electron chi connectivity index (χ1n) is 10.8. The van der Waals surface area contributed by atoms with E-state index in [4.69, 9.17) is 0 Å². The SMILES string of the molecule is CCCCCCCCCCCCC(C)CCC(O)(CC)C1CC1. The van der Waals surface area contributed by atoms with Crippen LogP contribution >= 0.6 is 0 Å². The van der Waals surface area contributed by atoms with Crippen LogP contribution in [0, 0.1) is 11.8 Å². The van der Waals surface area contributed by atoms with Gasteiger partial charge in [-0.25, -0.2) is 0 Å². The predicted octanol–water partition coefficient (Wildman–Crippen LogP) is 7.26. The summed E-state index contributed by atoms with van der Waals surface area (Å²) in [6, 6.07) is 0. The van der Waals surface area contributed by atoms with E-state index in [1.807, 2.05) is 0 Å². The number of hydrogen-bond acceptors (Lipinski definition) is 1. The molecule has 0 heterocycles. The quantitative estimate of drug-likeness (QED) is 0.296. The minimum absolute atomic E-state index is 0.327. The Labute approximate surface area is 146 Å². The van der Waals surface area contributed by atoms with Crippen molar-refractivity contribution in [1.29, 1.82) is 0 Å². The first-order chi connectivity index (χ1) is 11.1. The first kappa shape index (κ1) is 21.0. The summed E-state index contributed by atoms with van der Waals surface area (Å²) >= 11 is 0. The summed E-state index contributed by atoms with van der Waals surface area (Å²) in [5.74, 6) is 1.41. The number of unbranched alkanes of at least 4 members (excludes halogenated alkanes) is 9. The standard InChI is InChI=1S/C22H44O/c1-4-6-7-8-9-10-11-12-13-14-15-20(3)18-19-22(23,5-2)21-16-17-21/h20-21,23H,4-19H2,1-3H3. The number of rotatable bonds is 16. The molecule has 0 aromatic heterocycles.